The Morgan fingerprint density at radius 3 is 2.71 bits per heavy atom. The van der Waals surface area contributed by atoms with Crippen LogP contribution in [0.1, 0.15) is 36.5 Å². The monoisotopic (exact) mass is 234 g/mol. The highest BCUT2D eigenvalue weighted by atomic mass is 16.6. The fourth-order valence-electron chi connectivity index (χ4n) is 1.96. The predicted molar refractivity (Wildman–Crippen MR) is 64.7 cm³/mol. The quantitative estimate of drug-likeness (QED) is 0.581. The molecule has 1 aromatic rings. The van der Waals surface area contributed by atoms with Gasteiger partial charge in [0.05, 0.1) is 13.2 Å². The molecule has 0 amide bonds. The third-order valence-corrected chi connectivity index (χ3v) is 3.09. The fraction of sp³-hybridized carbons (Fsp3) is 0.500. The van der Waals surface area contributed by atoms with Crippen molar-refractivity contribution in [2.45, 2.75) is 38.4 Å². The number of esters is 1. The van der Waals surface area contributed by atoms with Crippen molar-refractivity contribution < 1.29 is 14.3 Å². The molecule has 1 aromatic carbocycles. The number of benzene rings is 1. The van der Waals surface area contributed by atoms with Gasteiger partial charge in [0.1, 0.15) is 6.10 Å². The van der Waals surface area contributed by atoms with Crippen LogP contribution in [0, 0.1) is 6.92 Å². The van der Waals surface area contributed by atoms with Gasteiger partial charge in [-0.3, -0.25) is 4.79 Å². The van der Waals surface area contributed by atoms with Crippen molar-refractivity contribution in [1.29, 1.82) is 0 Å². The van der Waals surface area contributed by atoms with Crippen LogP contribution in [0.5, 0.6) is 0 Å². The molecule has 0 spiro atoms. The van der Waals surface area contributed by atoms with E-state index < -0.39 is 0 Å². The second-order valence-corrected chi connectivity index (χ2v) is 4.47. The van der Waals surface area contributed by atoms with E-state index in [4.69, 9.17) is 4.74 Å². The maximum atomic E-state index is 10.9. The Morgan fingerprint density at radius 1 is 1.35 bits per heavy atom. The summed E-state index contributed by atoms with van der Waals surface area (Å²) in [6.45, 7) is 2.07. The third-order valence-electron chi connectivity index (χ3n) is 3.09. The Morgan fingerprint density at radius 2 is 2.06 bits per heavy atom. The Kier molecular flexibility index (Phi) is 3.79. The van der Waals surface area contributed by atoms with Crippen LogP contribution in [0.3, 0.4) is 0 Å². The van der Waals surface area contributed by atoms with Crippen molar-refractivity contribution in [2.75, 3.05) is 7.11 Å². The maximum Gasteiger partial charge on any atom is 0.305 e. The summed E-state index contributed by atoms with van der Waals surface area (Å²) in [6, 6.07) is 8.42. The largest absolute Gasteiger partial charge is 0.469 e. The van der Waals surface area contributed by atoms with Gasteiger partial charge >= 0.3 is 5.97 Å². The van der Waals surface area contributed by atoms with E-state index in [1.165, 1.54) is 18.2 Å². The number of ether oxygens (including phenoxy) is 2. The van der Waals surface area contributed by atoms with E-state index in [9.17, 15) is 4.79 Å². The summed E-state index contributed by atoms with van der Waals surface area (Å²) in [7, 11) is 1.42. The molecule has 0 radical (unpaired) electrons. The molecule has 3 nitrogen and oxygen atoms in total. The zero-order chi connectivity index (χ0) is 12.3. The van der Waals surface area contributed by atoms with Crippen LogP contribution in [-0.2, 0) is 14.3 Å². The van der Waals surface area contributed by atoms with E-state index in [0.717, 1.165) is 12.8 Å². The number of aryl methyl sites for hydroxylation is 1. The van der Waals surface area contributed by atoms with E-state index in [0.29, 0.717) is 6.42 Å². The summed E-state index contributed by atoms with van der Waals surface area (Å²) in [5, 5.41) is 0. The summed E-state index contributed by atoms with van der Waals surface area (Å²) in [4.78, 5) is 10.9. The van der Waals surface area contributed by atoms with Crippen LogP contribution in [0.25, 0.3) is 0 Å². The van der Waals surface area contributed by atoms with Crippen LogP contribution in [0.15, 0.2) is 24.3 Å². The van der Waals surface area contributed by atoms with Gasteiger partial charge < -0.3 is 9.47 Å². The first-order valence-electron chi connectivity index (χ1n) is 5.99. The summed E-state index contributed by atoms with van der Waals surface area (Å²) >= 11 is 0. The van der Waals surface area contributed by atoms with E-state index in [-0.39, 0.29) is 18.2 Å². The summed E-state index contributed by atoms with van der Waals surface area (Å²) in [5.41, 5.74) is 2.50. The molecule has 2 atom stereocenters. The lowest BCUT2D eigenvalue weighted by molar-refractivity contribution is -0.140. The molecule has 1 aliphatic heterocycles. The number of carbonyl (C=O) groups excluding carboxylic acids is 1. The number of carbonyl (C=O) groups is 1. The van der Waals surface area contributed by atoms with Gasteiger partial charge in [0.2, 0.25) is 0 Å². The molecule has 1 fully saturated rings. The lowest BCUT2D eigenvalue weighted by atomic mass is 10.0. The molecule has 2 rings (SSSR count). The first-order valence-corrected chi connectivity index (χ1v) is 5.99. The van der Waals surface area contributed by atoms with Crippen LogP contribution >= 0.6 is 0 Å². The summed E-state index contributed by atoms with van der Waals surface area (Å²) in [6.07, 6.45) is 2.75. The highest BCUT2D eigenvalue weighted by Crippen LogP contribution is 2.41. The third kappa shape index (κ3) is 3.30. The summed E-state index contributed by atoms with van der Waals surface area (Å²) in [5.74, 6) is -0.141. The number of epoxide rings is 1. The molecule has 0 bridgehead atoms. The van der Waals surface area contributed by atoms with E-state index in [1.54, 1.807) is 0 Å². The van der Waals surface area contributed by atoms with Crippen molar-refractivity contribution in [1.82, 2.24) is 0 Å². The predicted octanol–water partition coefficient (Wildman–Crippen LogP) is 2.78. The molecule has 0 N–H and O–H groups in total. The first-order chi connectivity index (χ1) is 8.20. The normalized spacial score (nSPS) is 22.2. The van der Waals surface area contributed by atoms with Crippen molar-refractivity contribution in [3.63, 3.8) is 0 Å². The second-order valence-electron chi connectivity index (χ2n) is 4.47. The molecule has 1 heterocycles. The molecule has 0 saturated carbocycles. The minimum atomic E-state index is -0.141. The molecule has 2 unspecified atom stereocenters. The molecule has 1 saturated heterocycles. The topological polar surface area (TPSA) is 38.8 Å². The number of rotatable bonds is 5. The number of methoxy groups -OCH3 is 1. The van der Waals surface area contributed by atoms with Gasteiger partial charge in [-0.15, -0.1) is 0 Å². The lowest BCUT2D eigenvalue weighted by Crippen LogP contribution is -2.00. The molecule has 17 heavy (non-hydrogen) atoms. The van der Waals surface area contributed by atoms with Gasteiger partial charge in [-0.1, -0.05) is 29.8 Å². The molecule has 92 valence electrons. The van der Waals surface area contributed by atoms with Gasteiger partial charge in [-0.25, -0.2) is 0 Å². The van der Waals surface area contributed by atoms with Crippen LogP contribution < -0.4 is 0 Å². The Labute approximate surface area is 102 Å². The maximum absolute atomic E-state index is 10.9. The molecule has 0 aliphatic carbocycles. The minimum Gasteiger partial charge on any atom is -0.469 e. The smallest absolute Gasteiger partial charge is 0.305 e. The van der Waals surface area contributed by atoms with Gasteiger partial charge in [-0.05, 0) is 25.3 Å². The van der Waals surface area contributed by atoms with Crippen LogP contribution in [0.2, 0.25) is 0 Å². The van der Waals surface area contributed by atoms with Gasteiger partial charge in [0.25, 0.3) is 0 Å². The van der Waals surface area contributed by atoms with Gasteiger partial charge in [-0.2, -0.15) is 0 Å². The van der Waals surface area contributed by atoms with Crippen LogP contribution in [-0.4, -0.2) is 19.2 Å². The first kappa shape index (κ1) is 12.1. The van der Waals surface area contributed by atoms with E-state index >= 15 is 0 Å². The molecule has 3 heteroatoms. The highest BCUT2D eigenvalue weighted by Gasteiger charge is 2.39. The highest BCUT2D eigenvalue weighted by molar-refractivity contribution is 5.68. The lowest BCUT2D eigenvalue weighted by Gasteiger charge is -1.98. The van der Waals surface area contributed by atoms with Crippen molar-refractivity contribution in [3.05, 3.63) is 35.4 Å². The zero-order valence-electron chi connectivity index (χ0n) is 10.3. The molecular weight excluding hydrogens is 216 g/mol. The summed E-state index contributed by atoms with van der Waals surface area (Å²) < 4.78 is 10.2. The average Bonchev–Trinajstić information content (AvgIpc) is 3.09. The van der Waals surface area contributed by atoms with Gasteiger partial charge in [0, 0.05) is 6.42 Å². The van der Waals surface area contributed by atoms with Crippen molar-refractivity contribution >= 4 is 5.97 Å². The molecule has 1 aliphatic rings. The Bertz CT molecular complexity index is 383. The number of hydrogen-bond donors (Lipinski definition) is 0. The standard InChI is InChI=1S/C14H18O3/c1-10-6-8-11(9-7-10)14-12(17-14)4-3-5-13(15)16-2/h6-9,12,14H,3-5H2,1-2H3. The second kappa shape index (κ2) is 5.32. The fourth-order valence-corrected chi connectivity index (χ4v) is 1.96. The minimum absolute atomic E-state index is 0.141. The van der Waals surface area contributed by atoms with Crippen molar-refractivity contribution in [3.8, 4) is 0 Å². The van der Waals surface area contributed by atoms with Crippen LogP contribution in [0.4, 0.5) is 0 Å². The van der Waals surface area contributed by atoms with Crippen molar-refractivity contribution in [2.24, 2.45) is 0 Å². The Hall–Kier alpha value is -1.35. The number of hydrogen-bond acceptors (Lipinski definition) is 3. The zero-order valence-corrected chi connectivity index (χ0v) is 10.3. The Balaban J connectivity index is 1.73. The van der Waals surface area contributed by atoms with E-state index in [1.807, 2.05) is 0 Å². The average molecular weight is 234 g/mol. The molecule has 0 aromatic heterocycles. The SMILES string of the molecule is COC(=O)CCCC1OC1c1ccc(C)cc1. The van der Waals surface area contributed by atoms with E-state index in [2.05, 4.69) is 35.9 Å². The molecular formula is C14H18O3. The van der Waals surface area contributed by atoms with Gasteiger partial charge in [0.15, 0.2) is 0 Å².